The van der Waals surface area contributed by atoms with E-state index < -0.39 is 51.9 Å². The summed E-state index contributed by atoms with van der Waals surface area (Å²) in [7, 11) is 0. The monoisotopic (exact) mass is 712 g/mol. The SMILES string of the molecule is CC(C)(C)OC(=O)NC1C(=O)N2C(C(=O)OC(c3ccccc3)c3ccccc3)=C(/C=C3\CCN(OCc4ccc([N+](=O)[O-])cc4)C3=O)CSC12. The number of rotatable bonds is 10. The highest BCUT2D eigenvalue weighted by Gasteiger charge is 2.55. The lowest BCUT2D eigenvalue weighted by Gasteiger charge is -2.49. The Morgan fingerprint density at radius 3 is 2.22 bits per heavy atom. The van der Waals surface area contributed by atoms with Crippen LogP contribution in [-0.4, -0.2) is 68.1 Å². The molecule has 0 bridgehead atoms. The van der Waals surface area contributed by atoms with Crippen LogP contribution in [0.5, 0.6) is 0 Å². The molecule has 2 fully saturated rings. The number of carbonyl (C=O) groups is 4. The summed E-state index contributed by atoms with van der Waals surface area (Å²) >= 11 is 1.34. The summed E-state index contributed by atoms with van der Waals surface area (Å²) < 4.78 is 11.6. The number of hydroxylamine groups is 2. The lowest BCUT2D eigenvalue weighted by molar-refractivity contribution is -0.384. The molecule has 2 unspecified atom stereocenters. The van der Waals surface area contributed by atoms with Gasteiger partial charge in [0.2, 0.25) is 0 Å². The lowest BCUT2D eigenvalue weighted by atomic mass is 10.00. The van der Waals surface area contributed by atoms with Crippen molar-refractivity contribution in [3.05, 3.63) is 135 Å². The number of β-lactam (4-membered cyclic amide) rings is 1. The van der Waals surface area contributed by atoms with E-state index in [0.717, 1.165) is 11.1 Å². The molecule has 264 valence electrons. The Labute approximate surface area is 298 Å². The average molecular weight is 713 g/mol. The number of nitro groups is 1. The molecule has 6 rings (SSSR count). The first kappa shape index (κ1) is 35.4. The number of carbonyl (C=O) groups excluding carboxylic acids is 4. The second-order valence-corrected chi connectivity index (χ2v) is 14.1. The van der Waals surface area contributed by atoms with Crippen molar-refractivity contribution in [1.29, 1.82) is 0 Å². The minimum Gasteiger partial charge on any atom is -0.448 e. The number of thioether (sulfide) groups is 1. The van der Waals surface area contributed by atoms with Gasteiger partial charge in [-0.15, -0.1) is 11.8 Å². The van der Waals surface area contributed by atoms with Crippen molar-refractivity contribution in [3.8, 4) is 0 Å². The minimum absolute atomic E-state index is 0.00611. The van der Waals surface area contributed by atoms with E-state index in [1.807, 2.05) is 60.7 Å². The van der Waals surface area contributed by atoms with Crippen LogP contribution in [0.1, 0.15) is 50.0 Å². The van der Waals surface area contributed by atoms with Crippen LogP contribution in [0.25, 0.3) is 0 Å². The molecule has 51 heavy (non-hydrogen) atoms. The van der Waals surface area contributed by atoms with Gasteiger partial charge in [-0.05, 0) is 67.7 Å². The van der Waals surface area contributed by atoms with Gasteiger partial charge in [0.1, 0.15) is 29.3 Å². The molecule has 2 saturated heterocycles. The third-order valence-corrected chi connectivity index (χ3v) is 9.56. The largest absolute Gasteiger partial charge is 0.448 e. The minimum atomic E-state index is -0.933. The molecule has 2 atom stereocenters. The lowest BCUT2D eigenvalue weighted by Crippen LogP contribution is -2.70. The van der Waals surface area contributed by atoms with Gasteiger partial charge in [-0.3, -0.25) is 29.4 Å². The van der Waals surface area contributed by atoms with Gasteiger partial charge in [0.05, 0.1) is 11.5 Å². The number of ether oxygens (including phenoxy) is 2. The molecule has 3 aliphatic heterocycles. The number of esters is 1. The predicted octanol–water partition coefficient (Wildman–Crippen LogP) is 5.58. The van der Waals surface area contributed by atoms with E-state index >= 15 is 0 Å². The fourth-order valence-electron chi connectivity index (χ4n) is 5.85. The Balaban J connectivity index is 1.27. The molecular weight excluding hydrogens is 676 g/mol. The van der Waals surface area contributed by atoms with Crippen LogP contribution in [-0.2, 0) is 35.3 Å². The third-order valence-electron chi connectivity index (χ3n) is 8.26. The maximum absolute atomic E-state index is 14.3. The molecule has 1 N–H and O–H groups in total. The second-order valence-electron chi connectivity index (χ2n) is 13.0. The van der Waals surface area contributed by atoms with E-state index in [4.69, 9.17) is 14.3 Å². The number of amides is 3. The zero-order chi connectivity index (χ0) is 36.3. The Morgan fingerprint density at radius 2 is 1.63 bits per heavy atom. The number of hydrogen-bond donors (Lipinski definition) is 1. The molecule has 14 heteroatoms. The van der Waals surface area contributed by atoms with Crippen LogP contribution in [0.3, 0.4) is 0 Å². The molecule has 0 aliphatic carbocycles. The van der Waals surface area contributed by atoms with E-state index in [-0.39, 0.29) is 30.3 Å². The number of allylic oxidation sites excluding steroid dienone is 1. The van der Waals surface area contributed by atoms with Gasteiger partial charge in [0.15, 0.2) is 6.10 Å². The van der Waals surface area contributed by atoms with E-state index in [0.29, 0.717) is 23.1 Å². The first-order valence-electron chi connectivity index (χ1n) is 16.3. The summed E-state index contributed by atoms with van der Waals surface area (Å²) in [6, 6.07) is 23.4. The van der Waals surface area contributed by atoms with Crippen LogP contribution >= 0.6 is 11.8 Å². The van der Waals surface area contributed by atoms with Crippen LogP contribution in [0.4, 0.5) is 10.5 Å². The average Bonchev–Trinajstić information content (AvgIpc) is 3.46. The summed E-state index contributed by atoms with van der Waals surface area (Å²) in [6.45, 7) is 5.42. The van der Waals surface area contributed by atoms with Crippen molar-refractivity contribution in [1.82, 2.24) is 15.3 Å². The number of nitrogens with zero attached hydrogens (tertiary/aromatic N) is 3. The third kappa shape index (κ3) is 7.97. The van der Waals surface area contributed by atoms with Crippen LogP contribution < -0.4 is 5.32 Å². The van der Waals surface area contributed by atoms with Crippen molar-refractivity contribution >= 4 is 41.3 Å². The van der Waals surface area contributed by atoms with Crippen LogP contribution in [0, 0.1) is 10.1 Å². The van der Waals surface area contributed by atoms with E-state index in [9.17, 15) is 29.3 Å². The highest BCUT2D eigenvalue weighted by Crippen LogP contribution is 2.42. The van der Waals surface area contributed by atoms with Crippen molar-refractivity contribution in [2.75, 3.05) is 12.3 Å². The molecule has 3 heterocycles. The quantitative estimate of drug-likeness (QED) is 0.0925. The Morgan fingerprint density at radius 1 is 1.00 bits per heavy atom. The molecule has 3 amide bonds. The Hall–Kier alpha value is -5.47. The van der Waals surface area contributed by atoms with Gasteiger partial charge < -0.3 is 14.8 Å². The Kier molecular flexibility index (Phi) is 10.3. The predicted molar refractivity (Wildman–Crippen MR) is 186 cm³/mol. The van der Waals surface area contributed by atoms with Crippen molar-refractivity contribution < 1.29 is 38.4 Å². The van der Waals surface area contributed by atoms with Gasteiger partial charge in [-0.1, -0.05) is 60.7 Å². The maximum Gasteiger partial charge on any atom is 0.408 e. The summed E-state index contributed by atoms with van der Waals surface area (Å²) in [6.07, 6.45) is 0.379. The van der Waals surface area contributed by atoms with Gasteiger partial charge >= 0.3 is 12.1 Å². The van der Waals surface area contributed by atoms with Gasteiger partial charge in [0, 0.05) is 23.5 Å². The first-order chi connectivity index (χ1) is 24.4. The second kappa shape index (κ2) is 14.8. The zero-order valence-corrected chi connectivity index (χ0v) is 29.0. The fourth-order valence-corrected chi connectivity index (χ4v) is 7.15. The fraction of sp³-hybridized carbons (Fsp3) is 0.297. The molecule has 3 aromatic carbocycles. The molecule has 0 aromatic heterocycles. The van der Waals surface area contributed by atoms with E-state index in [1.165, 1.54) is 33.9 Å². The highest BCUT2D eigenvalue weighted by atomic mass is 32.2. The number of hydrogen-bond acceptors (Lipinski definition) is 10. The summed E-state index contributed by atoms with van der Waals surface area (Å²) in [4.78, 5) is 71.5. The summed E-state index contributed by atoms with van der Waals surface area (Å²) in [5, 5.41) is 14.2. The van der Waals surface area contributed by atoms with E-state index in [2.05, 4.69) is 5.32 Å². The van der Waals surface area contributed by atoms with Crippen molar-refractivity contribution in [2.45, 2.75) is 56.9 Å². The normalized spacial score (nSPS) is 19.6. The smallest absolute Gasteiger partial charge is 0.408 e. The molecule has 0 spiro atoms. The van der Waals surface area contributed by atoms with Gasteiger partial charge in [-0.25, -0.2) is 14.7 Å². The summed E-state index contributed by atoms with van der Waals surface area (Å²) in [5.41, 5.74) is 2.06. The number of fused-ring (bicyclic) bond motifs is 1. The maximum atomic E-state index is 14.3. The molecule has 3 aromatic rings. The number of non-ortho nitro benzene ring substituents is 1. The zero-order valence-electron chi connectivity index (χ0n) is 28.1. The number of benzene rings is 3. The molecule has 0 saturated carbocycles. The van der Waals surface area contributed by atoms with Crippen molar-refractivity contribution in [3.63, 3.8) is 0 Å². The van der Waals surface area contributed by atoms with E-state index in [1.54, 1.807) is 39.0 Å². The van der Waals surface area contributed by atoms with Gasteiger partial charge in [-0.2, -0.15) is 0 Å². The Bertz CT molecular complexity index is 1850. The standard InChI is InChI=1S/C37H36N4O9S/c1-37(2,3)50-36(45)38-29-33(43)40-30(35(44)49-31(24-10-6-4-7-11-24)25-12-8-5-9-13-25)27(22-51-34(29)40)20-26-18-19-39(32(26)42)48-21-23-14-16-28(17-15-23)41(46)47/h4-17,20,29,31,34H,18-19,21-22H2,1-3H3,(H,38,45)/b26-20+. The molecule has 13 nitrogen and oxygen atoms in total. The van der Waals surface area contributed by atoms with Gasteiger partial charge in [0.25, 0.3) is 17.5 Å². The number of nitro benzene ring substituents is 1. The number of alkyl carbamates (subject to hydrolysis) is 1. The topological polar surface area (TPSA) is 158 Å². The molecule has 0 radical (unpaired) electrons. The van der Waals surface area contributed by atoms with Crippen LogP contribution in [0.15, 0.2) is 108 Å². The first-order valence-corrected chi connectivity index (χ1v) is 17.3. The van der Waals surface area contributed by atoms with Crippen molar-refractivity contribution in [2.24, 2.45) is 0 Å². The highest BCUT2D eigenvalue weighted by molar-refractivity contribution is 8.00. The summed E-state index contributed by atoms with van der Waals surface area (Å²) in [5.74, 6) is -1.43. The number of nitrogens with one attached hydrogen (secondary N) is 1. The molecule has 3 aliphatic rings. The molecular formula is C37H36N4O9S. The van der Waals surface area contributed by atoms with Crippen LogP contribution in [0.2, 0.25) is 0 Å².